The first kappa shape index (κ1) is 22.2. The van der Waals surface area contributed by atoms with Crippen LogP contribution in [0.5, 0.6) is 0 Å². The summed E-state index contributed by atoms with van der Waals surface area (Å²) < 4.78 is 0. The van der Waals surface area contributed by atoms with E-state index in [1.807, 2.05) is 0 Å². The Bertz CT molecular complexity index is 314. The Morgan fingerprint density at radius 1 is 0.870 bits per heavy atom. The summed E-state index contributed by atoms with van der Waals surface area (Å²) in [6.45, 7) is 5.69. The van der Waals surface area contributed by atoms with Gasteiger partial charge in [0.1, 0.15) is 6.04 Å². The van der Waals surface area contributed by atoms with Crippen molar-refractivity contribution in [2.45, 2.75) is 84.1 Å². The highest BCUT2D eigenvalue weighted by Crippen LogP contribution is 2.02. The summed E-state index contributed by atoms with van der Waals surface area (Å²) in [5.41, 5.74) is 0. The third kappa shape index (κ3) is 13.3. The maximum atomic E-state index is 12.0. The minimum absolute atomic E-state index is 0.0193. The highest BCUT2D eigenvalue weighted by Gasteiger charge is 2.18. The zero-order chi connectivity index (χ0) is 17.3. The molecule has 0 saturated heterocycles. The monoisotopic (exact) mass is 347 g/mol. The second-order valence-corrected chi connectivity index (χ2v) is 6.18. The number of rotatable bonds is 15. The number of unbranched alkanes of at least 4 members (excludes halogenated alkanes) is 6. The van der Waals surface area contributed by atoms with Crippen LogP contribution in [0.2, 0.25) is 0 Å². The van der Waals surface area contributed by atoms with Crippen molar-refractivity contribution in [1.82, 2.24) is 15.5 Å². The van der Waals surface area contributed by atoms with E-state index in [1.54, 1.807) is 0 Å². The zero-order valence-corrected chi connectivity index (χ0v) is 15.5. The summed E-state index contributed by atoms with van der Waals surface area (Å²) >= 11 is 5.63. The molecular formula is C17H34ClN3O2. The van der Waals surface area contributed by atoms with Crippen molar-refractivity contribution in [3.8, 4) is 0 Å². The third-order valence-electron chi connectivity index (χ3n) is 3.79. The van der Waals surface area contributed by atoms with Gasteiger partial charge in [-0.15, -0.1) is 0 Å². The molecule has 0 aromatic heterocycles. The van der Waals surface area contributed by atoms with Crippen LogP contribution in [0.4, 0.5) is 0 Å². The Morgan fingerprint density at radius 2 is 1.43 bits per heavy atom. The molecule has 2 amide bonds. The minimum atomic E-state index is -0.520. The Hall–Kier alpha value is -0.810. The van der Waals surface area contributed by atoms with Crippen LogP contribution in [-0.2, 0) is 9.59 Å². The van der Waals surface area contributed by atoms with Gasteiger partial charge < -0.3 is 10.6 Å². The van der Waals surface area contributed by atoms with Gasteiger partial charge in [0.15, 0.2) is 0 Å². The molecule has 0 aliphatic heterocycles. The average Bonchev–Trinajstić information content (AvgIpc) is 2.55. The fourth-order valence-corrected chi connectivity index (χ4v) is 2.47. The Balaban J connectivity index is 3.77. The second kappa shape index (κ2) is 16.1. The highest BCUT2D eigenvalue weighted by atomic mass is 35.5. The van der Waals surface area contributed by atoms with Gasteiger partial charge in [-0.25, -0.2) is 4.84 Å². The molecule has 6 heteroatoms. The summed E-state index contributed by atoms with van der Waals surface area (Å²) in [7, 11) is 0. The Labute approximate surface area is 146 Å². The Morgan fingerprint density at radius 3 is 1.96 bits per heavy atom. The molecule has 3 N–H and O–H groups in total. The molecule has 5 nitrogen and oxygen atoms in total. The zero-order valence-electron chi connectivity index (χ0n) is 14.8. The number of hydrogen-bond acceptors (Lipinski definition) is 3. The van der Waals surface area contributed by atoms with E-state index in [4.69, 9.17) is 11.8 Å². The van der Waals surface area contributed by atoms with E-state index in [2.05, 4.69) is 29.3 Å². The second-order valence-electron chi connectivity index (χ2n) is 5.96. The SMILES string of the molecule is CCCCCCNC(=O)CCC(NCl)C(=O)NCCCCCC. The summed E-state index contributed by atoms with van der Waals surface area (Å²) in [5.74, 6) is -0.151. The lowest BCUT2D eigenvalue weighted by atomic mass is 10.1. The van der Waals surface area contributed by atoms with E-state index >= 15 is 0 Å². The van der Waals surface area contributed by atoms with Crippen LogP contribution >= 0.6 is 11.8 Å². The van der Waals surface area contributed by atoms with Crippen LogP contribution in [0.3, 0.4) is 0 Å². The topological polar surface area (TPSA) is 70.2 Å². The maximum Gasteiger partial charge on any atom is 0.238 e. The number of amides is 2. The van der Waals surface area contributed by atoms with Crippen LogP contribution in [0.1, 0.15) is 78.1 Å². The molecule has 0 fully saturated rings. The van der Waals surface area contributed by atoms with E-state index in [9.17, 15) is 9.59 Å². The van der Waals surface area contributed by atoms with Gasteiger partial charge in [-0.2, -0.15) is 0 Å². The highest BCUT2D eigenvalue weighted by molar-refractivity contribution is 6.15. The average molecular weight is 348 g/mol. The number of nitrogens with one attached hydrogen (secondary N) is 3. The molecule has 136 valence electrons. The molecule has 0 rings (SSSR count). The van der Waals surface area contributed by atoms with E-state index in [1.165, 1.54) is 25.7 Å². The molecule has 0 aliphatic rings. The van der Waals surface area contributed by atoms with Gasteiger partial charge in [0.25, 0.3) is 0 Å². The lowest BCUT2D eigenvalue weighted by molar-refractivity contribution is -0.123. The van der Waals surface area contributed by atoms with Gasteiger partial charge in [0, 0.05) is 19.5 Å². The first-order valence-electron chi connectivity index (χ1n) is 9.06. The standard InChI is InChI=1S/C17H34ClN3O2/c1-3-5-7-9-13-19-16(22)12-11-15(21-18)17(23)20-14-10-8-6-4-2/h15,21H,3-14H2,1-2H3,(H,19,22)(H,20,23). The fourth-order valence-electron chi connectivity index (χ4n) is 2.27. The molecule has 0 spiro atoms. The molecule has 1 unspecified atom stereocenters. The lowest BCUT2D eigenvalue weighted by Gasteiger charge is -2.14. The van der Waals surface area contributed by atoms with E-state index in [0.29, 0.717) is 25.9 Å². The maximum absolute atomic E-state index is 12.0. The van der Waals surface area contributed by atoms with Gasteiger partial charge in [-0.1, -0.05) is 52.4 Å². The molecule has 23 heavy (non-hydrogen) atoms. The fraction of sp³-hybridized carbons (Fsp3) is 0.882. The summed E-state index contributed by atoms with van der Waals surface area (Å²) in [4.78, 5) is 26.2. The van der Waals surface area contributed by atoms with Gasteiger partial charge in [-0.3, -0.25) is 9.59 Å². The molecule has 0 aliphatic carbocycles. The molecule has 0 saturated carbocycles. The molecule has 0 aromatic carbocycles. The van der Waals surface area contributed by atoms with E-state index in [-0.39, 0.29) is 11.8 Å². The minimum Gasteiger partial charge on any atom is -0.356 e. The molecule has 0 aromatic rings. The Kier molecular flexibility index (Phi) is 15.5. The predicted octanol–water partition coefficient (Wildman–Crippen LogP) is 3.27. The van der Waals surface area contributed by atoms with Crippen molar-refractivity contribution in [2.75, 3.05) is 13.1 Å². The number of carbonyl (C=O) groups is 2. The van der Waals surface area contributed by atoms with Gasteiger partial charge in [0.05, 0.1) is 0 Å². The van der Waals surface area contributed by atoms with Crippen molar-refractivity contribution in [2.24, 2.45) is 0 Å². The van der Waals surface area contributed by atoms with Crippen molar-refractivity contribution in [3.63, 3.8) is 0 Å². The quantitative estimate of drug-likeness (QED) is 0.314. The number of carbonyl (C=O) groups excluding carboxylic acids is 2. The smallest absolute Gasteiger partial charge is 0.238 e. The first-order valence-corrected chi connectivity index (χ1v) is 9.44. The summed E-state index contributed by atoms with van der Waals surface area (Å²) in [6, 6.07) is -0.520. The molecular weight excluding hydrogens is 314 g/mol. The molecule has 1 atom stereocenters. The normalized spacial score (nSPS) is 12.0. The molecule has 0 bridgehead atoms. The predicted molar refractivity (Wildman–Crippen MR) is 96.3 cm³/mol. The first-order chi connectivity index (χ1) is 11.2. The van der Waals surface area contributed by atoms with Crippen molar-refractivity contribution in [3.05, 3.63) is 0 Å². The van der Waals surface area contributed by atoms with E-state index in [0.717, 1.165) is 25.7 Å². The van der Waals surface area contributed by atoms with Gasteiger partial charge in [0.2, 0.25) is 11.8 Å². The van der Waals surface area contributed by atoms with Crippen LogP contribution in [0, 0.1) is 0 Å². The lowest BCUT2D eigenvalue weighted by Crippen LogP contribution is -2.41. The molecule has 0 radical (unpaired) electrons. The van der Waals surface area contributed by atoms with Crippen LogP contribution < -0.4 is 15.5 Å². The van der Waals surface area contributed by atoms with Crippen molar-refractivity contribution >= 4 is 23.6 Å². The van der Waals surface area contributed by atoms with Gasteiger partial charge >= 0.3 is 0 Å². The van der Waals surface area contributed by atoms with Gasteiger partial charge in [-0.05, 0) is 31.0 Å². The molecule has 0 heterocycles. The summed E-state index contributed by atoms with van der Waals surface area (Å²) in [6.07, 6.45) is 9.71. The summed E-state index contributed by atoms with van der Waals surface area (Å²) in [5, 5.41) is 5.75. The van der Waals surface area contributed by atoms with Crippen LogP contribution in [0.15, 0.2) is 0 Å². The van der Waals surface area contributed by atoms with E-state index < -0.39 is 6.04 Å². The van der Waals surface area contributed by atoms with Crippen molar-refractivity contribution in [1.29, 1.82) is 0 Å². The number of halogens is 1. The van der Waals surface area contributed by atoms with Crippen LogP contribution in [-0.4, -0.2) is 30.9 Å². The van der Waals surface area contributed by atoms with Crippen molar-refractivity contribution < 1.29 is 9.59 Å². The van der Waals surface area contributed by atoms with Crippen LogP contribution in [0.25, 0.3) is 0 Å². The third-order valence-corrected chi connectivity index (χ3v) is 4.05. The number of hydrogen-bond donors (Lipinski definition) is 3. The largest absolute Gasteiger partial charge is 0.356 e.